The predicted octanol–water partition coefficient (Wildman–Crippen LogP) is 2.11. The van der Waals surface area contributed by atoms with Gasteiger partial charge in [-0.05, 0) is 37.1 Å². The van der Waals surface area contributed by atoms with E-state index in [1.807, 2.05) is 12.1 Å². The number of carbonyl (C=O) groups excluding carboxylic acids is 2. The molecule has 1 amide bonds. The van der Waals surface area contributed by atoms with Crippen LogP contribution in [0.5, 0.6) is 0 Å². The summed E-state index contributed by atoms with van der Waals surface area (Å²) in [7, 11) is 0. The number of benzene rings is 1. The van der Waals surface area contributed by atoms with Crippen LogP contribution in [0.15, 0.2) is 28.7 Å². The number of halogens is 1. The maximum absolute atomic E-state index is 11.6. The van der Waals surface area contributed by atoms with Gasteiger partial charge in [-0.1, -0.05) is 15.9 Å². The molecule has 2 rings (SSSR count). The zero-order valence-electron chi connectivity index (χ0n) is 10.2. The van der Waals surface area contributed by atoms with Crippen molar-refractivity contribution >= 4 is 33.5 Å². The Bertz CT molecular complexity index is 454. The van der Waals surface area contributed by atoms with Crippen molar-refractivity contribution in [1.82, 2.24) is 0 Å². The third kappa shape index (κ3) is 4.33. The van der Waals surface area contributed by atoms with Gasteiger partial charge in [-0.25, -0.2) is 4.79 Å². The molecule has 1 atom stereocenters. The number of carbonyl (C=O) groups is 2. The van der Waals surface area contributed by atoms with Gasteiger partial charge in [-0.3, -0.25) is 4.79 Å². The summed E-state index contributed by atoms with van der Waals surface area (Å²) in [4.78, 5) is 23.1. The fourth-order valence-electron chi connectivity index (χ4n) is 1.72. The lowest BCUT2D eigenvalue weighted by molar-refractivity contribution is -0.156. The molecular formula is C13H14BrNO4. The predicted molar refractivity (Wildman–Crippen MR) is 72.7 cm³/mol. The van der Waals surface area contributed by atoms with Gasteiger partial charge in [0.15, 0.2) is 12.7 Å². The summed E-state index contributed by atoms with van der Waals surface area (Å²) in [6.45, 7) is 0.277. The molecule has 1 heterocycles. The molecule has 1 aromatic rings. The van der Waals surface area contributed by atoms with Crippen molar-refractivity contribution in [3.8, 4) is 0 Å². The van der Waals surface area contributed by atoms with Crippen LogP contribution in [-0.2, 0) is 19.1 Å². The number of nitrogens with one attached hydrogen (secondary N) is 1. The number of hydrogen-bond acceptors (Lipinski definition) is 4. The van der Waals surface area contributed by atoms with E-state index in [4.69, 9.17) is 9.47 Å². The molecule has 0 unspecified atom stereocenters. The van der Waals surface area contributed by atoms with Crippen LogP contribution in [0.3, 0.4) is 0 Å². The Kier molecular flexibility index (Phi) is 4.93. The molecule has 0 bridgehead atoms. The Morgan fingerprint density at radius 2 is 2.11 bits per heavy atom. The fourth-order valence-corrected chi connectivity index (χ4v) is 1.99. The molecule has 1 aliphatic heterocycles. The maximum Gasteiger partial charge on any atom is 0.335 e. The number of ether oxygens (including phenoxy) is 2. The average Bonchev–Trinajstić information content (AvgIpc) is 2.93. The van der Waals surface area contributed by atoms with Crippen molar-refractivity contribution in [2.45, 2.75) is 18.9 Å². The van der Waals surface area contributed by atoms with E-state index < -0.39 is 12.1 Å². The lowest BCUT2D eigenvalue weighted by atomic mass is 10.2. The van der Waals surface area contributed by atoms with Crippen LogP contribution in [-0.4, -0.2) is 31.2 Å². The average molecular weight is 328 g/mol. The lowest BCUT2D eigenvalue weighted by Gasteiger charge is -2.10. The number of rotatable bonds is 4. The van der Waals surface area contributed by atoms with Gasteiger partial charge in [-0.2, -0.15) is 0 Å². The zero-order valence-corrected chi connectivity index (χ0v) is 11.8. The monoisotopic (exact) mass is 327 g/mol. The van der Waals surface area contributed by atoms with Gasteiger partial charge >= 0.3 is 5.97 Å². The van der Waals surface area contributed by atoms with Crippen LogP contribution < -0.4 is 5.32 Å². The summed E-state index contributed by atoms with van der Waals surface area (Å²) in [6, 6.07) is 7.13. The van der Waals surface area contributed by atoms with E-state index in [1.165, 1.54) is 0 Å². The summed E-state index contributed by atoms with van der Waals surface area (Å²) < 4.78 is 11.0. The van der Waals surface area contributed by atoms with Crippen molar-refractivity contribution in [1.29, 1.82) is 0 Å². The summed E-state index contributed by atoms with van der Waals surface area (Å²) >= 11 is 3.30. The molecule has 0 spiro atoms. The van der Waals surface area contributed by atoms with E-state index in [0.29, 0.717) is 18.7 Å². The molecule has 1 aliphatic rings. The smallest absolute Gasteiger partial charge is 0.335 e. The lowest BCUT2D eigenvalue weighted by Crippen LogP contribution is -2.27. The van der Waals surface area contributed by atoms with Gasteiger partial charge in [0.25, 0.3) is 5.91 Å². The van der Waals surface area contributed by atoms with Crippen LogP contribution in [0.1, 0.15) is 12.8 Å². The molecule has 1 saturated heterocycles. The van der Waals surface area contributed by atoms with Gasteiger partial charge in [0.2, 0.25) is 0 Å². The molecule has 1 fully saturated rings. The Labute approximate surface area is 119 Å². The standard InChI is InChI=1S/C13H14BrNO4/c14-9-3-5-10(6-4-9)15-12(16)8-19-13(17)11-2-1-7-18-11/h3-6,11H,1-2,7-8H2,(H,15,16)/t11-/m1/s1. The normalized spacial score (nSPS) is 18.1. The Balaban J connectivity index is 1.75. The first kappa shape index (κ1) is 14.0. The highest BCUT2D eigenvalue weighted by Crippen LogP contribution is 2.15. The summed E-state index contributed by atoms with van der Waals surface area (Å²) in [5, 5.41) is 2.64. The first-order valence-electron chi connectivity index (χ1n) is 5.99. The minimum absolute atomic E-state index is 0.297. The third-order valence-electron chi connectivity index (χ3n) is 2.67. The Hall–Kier alpha value is -1.40. The second kappa shape index (κ2) is 6.68. The number of amides is 1. The molecular weight excluding hydrogens is 314 g/mol. The van der Waals surface area contributed by atoms with Crippen molar-refractivity contribution < 1.29 is 19.1 Å². The van der Waals surface area contributed by atoms with E-state index in [1.54, 1.807) is 12.1 Å². The van der Waals surface area contributed by atoms with Gasteiger partial charge < -0.3 is 14.8 Å². The number of anilines is 1. The molecule has 0 aliphatic carbocycles. The van der Waals surface area contributed by atoms with Gasteiger partial charge in [0.1, 0.15) is 0 Å². The SMILES string of the molecule is O=C(COC(=O)[C@H]1CCCO1)Nc1ccc(Br)cc1. The van der Waals surface area contributed by atoms with Crippen molar-refractivity contribution in [3.63, 3.8) is 0 Å². The van der Waals surface area contributed by atoms with E-state index >= 15 is 0 Å². The van der Waals surface area contributed by atoms with E-state index in [-0.39, 0.29) is 12.5 Å². The van der Waals surface area contributed by atoms with Crippen molar-refractivity contribution in [3.05, 3.63) is 28.7 Å². The van der Waals surface area contributed by atoms with E-state index in [2.05, 4.69) is 21.2 Å². The number of esters is 1. The largest absolute Gasteiger partial charge is 0.454 e. The fraction of sp³-hybridized carbons (Fsp3) is 0.385. The minimum atomic E-state index is -0.513. The summed E-state index contributed by atoms with van der Waals surface area (Å²) in [6.07, 6.45) is 0.998. The van der Waals surface area contributed by atoms with E-state index in [9.17, 15) is 9.59 Å². The third-order valence-corrected chi connectivity index (χ3v) is 3.19. The Morgan fingerprint density at radius 3 is 2.74 bits per heavy atom. The van der Waals surface area contributed by atoms with E-state index in [0.717, 1.165) is 10.9 Å². The molecule has 5 nitrogen and oxygen atoms in total. The molecule has 0 aromatic heterocycles. The quantitative estimate of drug-likeness (QED) is 0.860. The van der Waals surface area contributed by atoms with Crippen molar-refractivity contribution in [2.75, 3.05) is 18.5 Å². The highest BCUT2D eigenvalue weighted by molar-refractivity contribution is 9.10. The Morgan fingerprint density at radius 1 is 1.37 bits per heavy atom. The molecule has 1 aromatic carbocycles. The molecule has 102 valence electrons. The molecule has 1 N–H and O–H groups in total. The summed E-state index contributed by atoms with van der Waals surface area (Å²) in [5.41, 5.74) is 0.654. The summed E-state index contributed by atoms with van der Waals surface area (Å²) in [5.74, 6) is -0.836. The molecule has 6 heteroatoms. The second-order valence-electron chi connectivity index (χ2n) is 4.16. The van der Waals surface area contributed by atoms with Crippen LogP contribution in [0.4, 0.5) is 5.69 Å². The zero-order chi connectivity index (χ0) is 13.7. The minimum Gasteiger partial charge on any atom is -0.454 e. The van der Waals surface area contributed by atoms with Gasteiger partial charge in [-0.15, -0.1) is 0 Å². The molecule has 0 radical (unpaired) electrons. The van der Waals surface area contributed by atoms with Crippen LogP contribution >= 0.6 is 15.9 Å². The van der Waals surface area contributed by atoms with Gasteiger partial charge in [0.05, 0.1) is 0 Å². The van der Waals surface area contributed by atoms with Crippen LogP contribution in [0.25, 0.3) is 0 Å². The molecule has 0 saturated carbocycles. The van der Waals surface area contributed by atoms with Crippen LogP contribution in [0.2, 0.25) is 0 Å². The highest BCUT2D eigenvalue weighted by Gasteiger charge is 2.25. The first-order valence-corrected chi connectivity index (χ1v) is 6.78. The van der Waals surface area contributed by atoms with Crippen molar-refractivity contribution in [2.24, 2.45) is 0 Å². The number of hydrogen-bond donors (Lipinski definition) is 1. The molecule has 19 heavy (non-hydrogen) atoms. The second-order valence-corrected chi connectivity index (χ2v) is 5.08. The topological polar surface area (TPSA) is 64.6 Å². The first-order chi connectivity index (χ1) is 9.15. The maximum atomic E-state index is 11.6. The highest BCUT2D eigenvalue weighted by atomic mass is 79.9. The van der Waals surface area contributed by atoms with Crippen LogP contribution in [0, 0.1) is 0 Å². The van der Waals surface area contributed by atoms with Gasteiger partial charge in [0, 0.05) is 16.8 Å².